The SMILES string of the molecule is [C-]#[N+]c1ccc(C[C@H](CCO)C(=O)O)c(C)c1Cl. The number of benzene rings is 1. The number of carboxylic acids is 1. The monoisotopic (exact) mass is 267 g/mol. The van der Waals surface area contributed by atoms with Crippen molar-refractivity contribution in [3.63, 3.8) is 0 Å². The van der Waals surface area contributed by atoms with Gasteiger partial charge in [0.25, 0.3) is 0 Å². The molecule has 0 aliphatic heterocycles. The molecule has 4 nitrogen and oxygen atoms in total. The quantitative estimate of drug-likeness (QED) is 0.807. The largest absolute Gasteiger partial charge is 0.481 e. The van der Waals surface area contributed by atoms with Crippen LogP contribution in [0.4, 0.5) is 5.69 Å². The van der Waals surface area contributed by atoms with E-state index in [1.54, 1.807) is 19.1 Å². The third-order valence-electron chi connectivity index (χ3n) is 2.89. The molecule has 1 aromatic rings. The van der Waals surface area contributed by atoms with Crippen LogP contribution in [0.2, 0.25) is 5.02 Å². The van der Waals surface area contributed by atoms with Gasteiger partial charge in [-0.1, -0.05) is 23.7 Å². The van der Waals surface area contributed by atoms with Crippen molar-refractivity contribution in [2.45, 2.75) is 19.8 Å². The Hall–Kier alpha value is -1.57. The van der Waals surface area contributed by atoms with Crippen molar-refractivity contribution in [2.75, 3.05) is 6.61 Å². The Morgan fingerprint density at radius 3 is 2.72 bits per heavy atom. The van der Waals surface area contributed by atoms with Gasteiger partial charge in [0, 0.05) is 6.61 Å². The fourth-order valence-corrected chi connectivity index (χ4v) is 1.98. The Kier molecular flexibility index (Phi) is 5.14. The van der Waals surface area contributed by atoms with Crippen LogP contribution in [-0.2, 0) is 11.2 Å². The van der Waals surface area contributed by atoms with Crippen molar-refractivity contribution in [3.05, 3.63) is 39.7 Å². The summed E-state index contributed by atoms with van der Waals surface area (Å²) < 4.78 is 0. The summed E-state index contributed by atoms with van der Waals surface area (Å²) in [5, 5.41) is 18.2. The number of aliphatic hydroxyl groups is 1. The minimum atomic E-state index is -0.936. The third-order valence-corrected chi connectivity index (χ3v) is 3.37. The van der Waals surface area contributed by atoms with Crippen molar-refractivity contribution >= 4 is 23.3 Å². The van der Waals surface area contributed by atoms with Crippen LogP contribution in [-0.4, -0.2) is 22.8 Å². The van der Waals surface area contributed by atoms with E-state index >= 15 is 0 Å². The fraction of sp³-hybridized carbons (Fsp3) is 0.385. The summed E-state index contributed by atoms with van der Waals surface area (Å²) >= 11 is 6.03. The maximum atomic E-state index is 11.0. The minimum Gasteiger partial charge on any atom is -0.481 e. The zero-order chi connectivity index (χ0) is 13.7. The minimum absolute atomic E-state index is 0.163. The first-order valence-electron chi connectivity index (χ1n) is 5.50. The highest BCUT2D eigenvalue weighted by Gasteiger charge is 2.19. The summed E-state index contributed by atoms with van der Waals surface area (Å²) in [5.74, 6) is -1.57. The van der Waals surface area contributed by atoms with E-state index in [9.17, 15) is 4.79 Å². The molecule has 0 saturated carbocycles. The molecule has 0 aliphatic rings. The van der Waals surface area contributed by atoms with Gasteiger partial charge in [0.2, 0.25) is 5.69 Å². The number of aliphatic carboxylic acids is 1. The number of nitrogens with zero attached hydrogens (tertiary/aromatic N) is 1. The van der Waals surface area contributed by atoms with Gasteiger partial charge < -0.3 is 10.2 Å². The second-order valence-corrected chi connectivity index (χ2v) is 4.42. The molecule has 18 heavy (non-hydrogen) atoms. The normalized spacial score (nSPS) is 11.9. The lowest BCUT2D eigenvalue weighted by molar-refractivity contribution is -0.142. The molecule has 96 valence electrons. The summed E-state index contributed by atoms with van der Waals surface area (Å²) in [5.41, 5.74) is 1.90. The van der Waals surface area contributed by atoms with Crippen molar-refractivity contribution in [1.82, 2.24) is 0 Å². The molecule has 0 spiro atoms. The Balaban J connectivity index is 3.01. The highest BCUT2D eigenvalue weighted by molar-refractivity contribution is 6.34. The lowest BCUT2D eigenvalue weighted by atomic mass is 9.93. The van der Waals surface area contributed by atoms with E-state index in [2.05, 4.69) is 4.85 Å². The molecular weight excluding hydrogens is 254 g/mol. The predicted molar refractivity (Wildman–Crippen MR) is 69.0 cm³/mol. The van der Waals surface area contributed by atoms with E-state index in [0.717, 1.165) is 11.1 Å². The van der Waals surface area contributed by atoms with Crippen LogP contribution in [0.5, 0.6) is 0 Å². The first-order valence-corrected chi connectivity index (χ1v) is 5.88. The average Bonchev–Trinajstić information content (AvgIpc) is 2.34. The van der Waals surface area contributed by atoms with Gasteiger partial charge in [0.1, 0.15) is 0 Å². The predicted octanol–water partition coefficient (Wildman–Crippen LogP) is 2.82. The van der Waals surface area contributed by atoms with E-state index in [4.69, 9.17) is 28.4 Å². The zero-order valence-electron chi connectivity index (χ0n) is 9.98. The lowest BCUT2D eigenvalue weighted by Gasteiger charge is -2.14. The molecule has 0 fully saturated rings. The molecule has 0 radical (unpaired) electrons. The molecular formula is C13H14ClNO3. The molecule has 1 atom stereocenters. The molecule has 1 rings (SSSR count). The van der Waals surface area contributed by atoms with Gasteiger partial charge in [0.05, 0.1) is 17.5 Å². The van der Waals surface area contributed by atoms with Crippen LogP contribution in [0.15, 0.2) is 12.1 Å². The number of carbonyl (C=O) groups is 1. The zero-order valence-corrected chi connectivity index (χ0v) is 10.7. The van der Waals surface area contributed by atoms with Crippen molar-refractivity contribution < 1.29 is 15.0 Å². The Morgan fingerprint density at radius 1 is 1.56 bits per heavy atom. The summed E-state index contributed by atoms with van der Waals surface area (Å²) in [6.45, 7) is 8.55. The number of hydrogen-bond acceptors (Lipinski definition) is 2. The Labute approximate surface area is 111 Å². The second-order valence-electron chi connectivity index (χ2n) is 4.05. The van der Waals surface area contributed by atoms with E-state index in [1.165, 1.54) is 0 Å². The van der Waals surface area contributed by atoms with Crippen molar-refractivity contribution in [2.24, 2.45) is 5.92 Å². The van der Waals surface area contributed by atoms with Crippen LogP contribution in [0.25, 0.3) is 4.85 Å². The number of halogens is 1. The fourth-order valence-electron chi connectivity index (χ4n) is 1.75. The average molecular weight is 268 g/mol. The van der Waals surface area contributed by atoms with Crippen molar-refractivity contribution in [1.29, 1.82) is 0 Å². The number of carboxylic acid groups (broad SMARTS) is 1. The molecule has 0 unspecified atom stereocenters. The van der Waals surface area contributed by atoms with Gasteiger partial charge in [-0.15, -0.1) is 0 Å². The second kappa shape index (κ2) is 6.39. The molecule has 0 aromatic heterocycles. The summed E-state index contributed by atoms with van der Waals surface area (Å²) in [6, 6.07) is 3.32. The summed E-state index contributed by atoms with van der Waals surface area (Å²) in [4.78, 5) is 14.3. The van der Waals surface area contributed by atoms with Crippen LogP contribution >= 0.6 is 11.6 Å². The van der Waals surface area contributed by atoms with Gasteiger partial charge in [-0.05, 0) is 30.9 Å². The highest BCUT2D eigenvalue weighted by Crippen LogP contribution is 2.31. The maximum absolute atomic E-state index is 11.0. The van der Waals surface area contributed by atoms with E-state index in [1.807, 2.05) is 0 Å². The molecule has 5 heteroatoms. The number of rotatable bonds is 5. The van der Waals surface area contributed by atoms with E-state index in [0.29, 0.717) is 17.1 Å². The van der Waals surface area contributed by atoms with E-state index < -0.39 is 11.9 Å². The van der Waals surface area contributed by atoms with Crippen LogP contribution in [0.3, 0.4) is 0 Å². The Morgan fingerprint density at radius 2 is 2.22 bits per heavy atom. The van der Waals surface area contributed by atoms with Gasteiger partial charge in [-0.2, -0.15) is 0 Å². The smallest absolute Gasteiger partial charge is 0.306 e. The molecule has 0 aliphatic carbocycles. The first kappa shape index (κ1) is 14.5. The molecule has 0 bridgehead atoms. The van der Waals surface area contributed by atoms with E-state index in [-0.39, 0.29) is 13.0 Å². The summed E-state index contributed by atoms with van der Waals surface area (Å²) in [7, 11) is 0. The van der Waals surface area contributed by atoms with Gasteiger partial charge >= 0.3 is 5.97 Å². The molecule has 0 amide bonds. The first-order chi connectivity index (χ1) is 8.51. The molecule has 1 aromatic carbocycles. The van der Waals surface area contributed by atoms with Crippen LogP contribution in [0, 0.1) is 19.4 Å². The van der Waals surface area contributed by atoms with Gasteiger partial charge in [-0.3, -0.25) is 4.79 Å². The van der Waals surface area contributed by atoms with Crippen LogP contribution < -0.4 is 0 Å². The molecule has 0 saturated heterocycles. The molecule has 2 N–H and O–H groups in total. The lowest BCUT2D eigenvalue weighted by Crippen LogP contribution is -2.18. The topological polar surface area (TPSA) is 61.9 Å². The summed E-state index contributed by atoms with van der Waals surface area (Å²) in [6.07, 6.45) is 0.511. The third kappa shape index (κ3) is 3.22. The Bertz CT molecular complexity index is 494. The molecule has 0 heterocycles. The van der Waals surface area contributed by atoms with Crippen molar-refractivity contribution in [3.8, 4) is 0 Å². The standard InChI is InChI=1S/C13H14ClNO3/c1-8-9(3-4-11(15-2)12(8)14)7-10(5-6-16)13(17)18/h3-4,10,16H,5-7H2,1H3,(H,17,18)/t10-/m0/s1. The maximum Gasteiger partial charge on any atom is 0.306 e. The number of aliphatic hydroxyl groups excluding tert-OH is 1. The van der Waals surface area contributed by atoms with Crippen LogP contribution in [0.1, 0.15) is 17.5 Å². The highest BCUT2D eigenvalue weighted by atomic mass is 35.5. The number of hydrogen-bond donors (Lipinski definition) is 2. The van der Waals surface area contributed by atoms with Gasteiger partial charge in [-0.25, -0.2) is 4.85 Å². The van der Waals surface area contributed by atoms with Gasteiger partial charge in [0.15, 0.2) is 0 Å².